The minimum absolute atomic E-state index is 0.0640. The number of fused-ring (bicyclic) bond motifs is 1. The normalized spacial score (nSPS) is 32.9. The molecule has 8 heteroatoms. The molecule has 1 amide bonds. The molecule has 0 unspecified atom stereocenters. The fourth-order valence-electron chi connectivity index (χ4n) is 7.08. The molecular weight excluding hydrogens is 449 g/mol. The van der Waals surface area contributed by atoms with Crippen molar-refractivity contribution in [3.05, 3.63) is 59.7 Å². The van der Waals surface area contributed by atoms with Gasteiger partial charge < -0.3 is 4.57 Å². The number of aliphatic imine (C=N–C) groups is 1. The van der Waals surface area contributed by atoms with E-state index in [4.69, 9.17) is 10.5 Å². The van der Waals surface area contributed by atoms with Crippen LogP contribution in [-0.2, 0) is 4.79 Å². The van der Waals surface area contributed by atoms with Crippen LogP contribution in [-0.4, -0.2) is 31.5 Å². The summed E-state index contributed by atoms with van der Waals surface area (Å²) in [6, 6.07) is 9.88. The van der Waals surface area contributed by atoms with Crippen molar-refractivity contribution in [2.75, 3.05) is 0 Å². The summed E-state index contributed by atoms with van der Waals surface area (Å²) in [6.45, 7) is 0. The molecule has 8 rings (SSSR count). The highest BCUT2D eigenvalue weighted by molar-refractivity contribution is 8.27. The molecule has 1 aromatic heterocycles. The molecule has 2 aliphatic heterocycles. The number of carbonyl (C=O) groups is 1. The molecule has 6 nitrogen and oxygen atoms in total. The molecule has 4 bridgehead atoms. The number of rotatable bonds is 3. The quantitative estimate of drug-likeness (QED) is 0.602. The maximum atomic E-state index is 13.4. The zero-order chi connectivity index (χ0) is 23.0. The Labute approximate surface area is 201 Å². The van der Waals surface area contributed by atoms with E-state index in [0.717, 1.165) is 34.2 Å². The summed E-state index contributed by atoms with van der Waals surface area (Å²) in [4.78, 5) is 17.3. The van der Waals surface area contributed by atoms with Crippen LogP contribution < -0.4 is 0 Å². The van der Waals surface area contributed by atoms with Gasteiger partial charge in [0.15, 0.2) is 5.84 Å². The van der Waals surface area contributed by atoms with Gasteiger partial charge in [-0.3, -0.25) is 10.2 Å². The molecule has 0 atom stereocenters. The van der Waals surface area contributed by atoms with Crippen molar-refractivity contribution in [1.29, 1.82) is 5.41 Å². The summed E-state index contributed by atoms with van der Waals surface area (Å²) in [5, 5.41) is 16.8. The van der Waals surface area contributed by atoms with Gasteiger partial charge in [0, 0.05) is 23.0 Å². The highest BCUT2D eigenvalue weighted by atomic mass is 32.2. The Balaban J connectivity index is 1.21. The fraction of sp³-hybridized carbons (Fsp3) is 0.385. The Morgan fingerprint density at radius 1 is 1.06 bits per heavy atom. The van der Waals surface area contributed by atoms with Gasteiger partial charge >= 0.3 is 0 Å². The molecule has 0 spiro atoms. The van der Waals surface area contributed by atoms with Crippen LogP contribution in [0.15, 0.2) is 58.3 Å². The Hall–Kier alpha value is -3.00. The molecule has 1 aromatic carbocycles. The van der Waals surface area contributed by atoms with Crippen molar-refractivity contribution < 1.29 is 9.18 Å². The third kappa shape index (κ3) is 3.07. The van der Waals surface area contributed by atoms with Crippen molar-refractivity contribution >= 4 is 39.8 Å². The zero-order valence-corrected chi connectivity index (χ0v) is 19.4. The van der Waals surface area contributed by atoms with Gasteiger partial charge in [-0.1, -0.05) is 0 Å². The van der Waals surface area contributed by atoms with E-state index in [1.165, 1.54) is 62.4 Å². The molecular formula is C26H24FN5OS. The first-order chi connectivity index (χ1) is 16.5. The second-order valence-corrected chi connectivity index (χ2v) is 11.4. The summed E-state index contributed by atoms with van der Waals surface area (Å²) in [5.41, 5.74) is 1.80. The van der Waals surface area contributed by atoms with Crippen LogP contribution in [0, 0.1) is 34.4 Å². The number of hydrogen-bond acceptors (Lipinski definition) is 4. The average molecular weight is 474 g/mol. The number of nitrogens with zero attached hydrogens (tertiary/aromatic N) is 4. The molecule has 1 N–H and O–H groups in total. The van der Waals surface area contributed by atoms with E-state index in [-0.39, 0.29) is 22.6 Å². The maximum absolute atomic E-state index is 13.4. The summed E-state index contributed by atoms with van der Waals surface area (Å²) in [7, 11) is 0. The molecule has 3 heterocycles. The van der Waals surface area contributed by atoms with E-state index < -0.39 is 5.91 Å². The SMILES string of the molecule is N=C1/C(=C/c2cccn2-c2ccc(F)cc2)C(=O)N=C2SC(C34CC5CC(CC(C5)C3)C4)=NN12. The second-order valence-electron chi connectivity index (χ2n) is 10.4. The van der Waals surface area contributed by atoms with Crippen LogP contribution in [0.5, 0.6) is 0 Å². The molecule has 172 valence electrons. The van der Waals surface area contributed by atoms with Gasteiger partial charge in [-0.15, -0.1) is 0 Å². The van der Waals surface area contributed by atoms with Gasteiger partial charge in [0.05, 0.1) is 5.57 Å². The fourth-order valence-corrected chi connectivity index (χ4v) is 8.18. The largest absolute Gasteiger partial charge is 0.317 e. The highest BCUT2D eigenvalue weighted by Gasteiger charge is 2.55. The number of carbonyl (C=O) groups excluding carboxylic acids is 1. The lowest BCUT2D eigenvalue weighted by Crippen LogP contribution is -2.49. The number of hydrogen-bond donors (Lipinski definition) is 1. The third-order valence-electron chi connectivity index (χ3n) is 8.12. The summed E-state index contributed by atoms with van der Waals surface area (Å²) in [6.07, 6.45) is 11.1. The highest BCUT2D eigenvalue weighted by Crippen LogP contribution is 2.62. The predicted octanol–water partition coefficient (Wildman–Crippen LogP) is 5.45. The van der Waals surface area contributed by atoms with E-state index in [1.54, 1.807) is 23.2 Å². The van der Waals surface area contributed by atoms with Crippen molar-refractivity contribution in [2.24, 2.45) is 33.3 Å². The number of amides is 1. The lowest BCUT2D eigenvalue weighted by atomic mass is 9.50. The lowest BCUT2D eigenvalue weighted by molar-refractivity contribution is -0.114. The Morgan fingerprint density at radius 2 is 1.74 bits per heavy atom. The van der Waals surface area contributed by atoms with Crippen LogP contribution in [0.25, 0.3) is 11.8 Å². The van der Waals surface area contributed by atoms with Gasteiger partial charge in [0.1, 0.15) is 10.9 Å². The maximum Gasteiger partial charge on any atom is 0.283 e. The minimum Gasteiger partial charge on any atom is -0.317 e. The van der Waals surface area contributed by atoms with Gasteiger partial charge in [-0.05, 0) is 111 Å². The van der Waals surface area contributed by atoms with Crippen LogP contribution in [0.1, 0.15) is 44.2 Å². The van der Waals surface area contributed by atoms with Gasteiger partial charge in [0.2, 0.25) is 5.17 Å². The van der Waals surface area contributed by atoms with E-state index in [9.17, 15) is 9.18 Å². The first-order valence-electron chi connectivity index (χ1n) is 11.9. The number of benzene rings is 1. The number of thioether (sulfide) groups is 1. The molecule has 0 radical (unpaired) electrons. The summed E-state index contributed by atoms with van der Waals surface area (Å²) >= 11 is 1.50. The number of aromatic nitrogens is 1. The molecule has 4 saturated carbocycles. The summed E-state index contributed by atoms with van der Waals surface area (Å²) in [5.74, 6) is 1.73. The molecule has 0 saturated heterocycles. The third-order valence-corrected chi connectivity index (χ3v) is 9.28. The molecule has 34 heavy (non-hydrogen) atoms. The topological polar surface area (TPSA) is 73.8 Å². The van der Waals surface area contributed by atoms with E-state index in [1.807, 2.05) is 22.9 Å². The monoisotopic (exact) mass is 473 g/mol. The first-order valence-corrected chi connectivity index (χ1v) is 12.7. The van der Waals surface area contributed by atoms with Crippen molar-refractivity contribution in [3.63, 3.8) is 0 Å². The smallest absolute Gasteiger partial charge is 0.283 e. The minimum atomic E-state index is -0.419. The van der Waals surface area contributed by atoms with Crippen LogP contribution in [0.2, 0.25) is 0 Å². The van der Waals surface area contributed by atoms with Crippen LogP contribution >= 0.6 is 11.8 Å². The van der Waals surface area contributed by atoms with E-state index >= 15 is 0 Å². The predicted molar refractivity (Wildman–Crippen MR) is 131 cm³/mol. The van der Waals surface area contributed by atoms with Crippen LogP contribution in [0.3, 0.4) is 0 Å². The number of hydrazone groups is 1. The summed E-state index contributed by atoms with van der Waals surface area (Å²) < 4.78 is 15.2. The van der Waals surface area contributed by atoms with Gasteiger partial charge in [-0.25, -0.2) is 4.39 Å². The number of nitrogens with one attached hydrogen (secondary N) is 1. The van der Waals surface area contributed by atoms with E-state index in [0.29, 0.717) is 5.17 Å². The average Bonchev–Trinajstić information content (AvgIpc) is 3.44. The number of amidine groups is 2. The van der Waals surface area contributed by atoms with Crippen molar-refractivity contribution in [1.82, 2.24) is 9.58 Å². The van der Waals surface area contributed by atoms with Gasteiger partial charge in [-0.2, -0.15) is 15.1 Å². The molecule has 4 fully saturated rings. The van der Waals surface area contributed by atoms with Crippen molar-refractivity contribution in [3.8, 4) is 5.69 Å². The molecule has 4 aliphatic carbocycles. The second kappa shape index (κ2) is 7.25. The standard InChI is InChI=1S/C26H24FN5OS/c27-18-3-5-19(6-4-18)31-7-1-2-20(31)11-21-22(28)32-25(29-23(21)33)34-24(30-32)26-12-15-8-16(13-26)10-17(9-15)14-26/h1-7,11,15-17,28H,8-10,12-14H2/b21-11-,28-22?. The first kappa shape index (κ1) is 20.4. The Morgan fingerprint density at radius 3 is 2.41 bits per heavy atom. The van der Waals surface area contributed by atoms with Crippen molar-refractivity contribution in [2.45, 2.75) is 38.5 Å². The zero-order valence-electron chi connectivity index (χ0n) is 18.6. The number of halogens is 1. The van der Waals surface area contributed by atoms with E-state index in [2.05, 4.69) is 4.99 Å². The Kier molecular flexibility index (Phi) is 4.34. The van der Waals surface area contributed by atoms with Crippen LogP contribution in [0.4, 0.5) is 4.39 Å². The molecule has 6 aliphatic rings. The van der Waals surface area contributed by atoms with Gasteiger partial charge in [0.25, 0.3) is 5.91 Å². The Bertz CT molecular complexity index is 1290. The molecule has 2 aromatic rings. The lowest BCUT2D eigenvalue weighted by Gasteiger charge is -2.56.